The number of rotatable bonds is 4. The number of nitrogens with zero attached hydrogens (tertiary/aromatic N) is 3. The van der Waals surface area contributed by atoms with Crippen LogP contribution in [0.15, 0.2) is 18.2 Å². The second kappa shape index (κ2) is 6.36. The zero-order chi connectivity index (χ0) is 19.1. The molecule has 22 heavy (non-hydrogen) atoms. The number of hydrogen-bond donors (Lipinski definition) is 1. The third kappa shape index (κ3) is 3.22. The van der Waals surface area contributed by atoms with Crippen LogP contribution in [0.5, 0.6) is 0 Å². The van der Waals surface area contributed by atoms with E-state index in [0.29, 0.717) is 29.2 Å². The van der Waals surface area contributed by atoms with Gasteiger partial charge in [-0.05, 0) is 32.2 Å². The van der Waals surface area contributed by atoms with E-state index >= 15 is 0 Å². The summed E-state index contributed by atoms with van der Waals surface area (Å²) in [6.45, 7) is -1.49. The van der Waals surface area contributed by atoms with Gasteiger partial charge >= 0.3 is 5.97 Å². The Bertz CT molecular complexity index is 806. The number of likely N-dealkylation sites (N-methyl/N-ethyl adjacent to an activating group) is 1. The highest BCUT2D eigenvalue weighted by Gasteiger charge is 2.15. The maximum Gasteiger partial charge on any atom is 0.313 e. The van der Waals surface area contributed by atoms with Gasteiger partial charge in [0.15, 0.2) is 0 Å². The minimum absolute atomic E-state index is 0.0218. The first kappa shape index (κ1) is 10.6. The number of hydrogen-bond acceptors (Lipinski definition) is 5. The van der Waals surface area contributed by atoms with Gasteiger partial charge in [0.25, 0.3) is 0 Å². The van der Waals surface area contributed by atoms with E-state index in [1.165, 1.54) is 4.90 Å². The van der Waals surface area contributed by atoms with E-state index in [1.807, 2.05) is 0 Å². The van der Waals surface area contributed by atoms with E-state index < -0.39 is 13.0 Å². The summed E-state index contributed by atoms with van der Waals surface area (Å²) in [5, 5.41) is 0. The Labute approximate surface area is 135 Å². The van der Waals surface area contributed by atoms with Crippen LogP contribution in [0.4, 0.5) is 5.69 Å². The van der Waals surface area contributed by atoms with Crippen molar-refractivity contribution in [2.45, 2.75) is 13.3 Å². The van der Waals surface area contributed by atoms with Gasteiger partial charge in [0, 0.05) is 31.8 Å². The lowest BCUT2D eigenvalue weighted by molar-refractivity contribution is -0.142. The lowest BCUT2D eigenvalue weighted by atomic mass is 10.2. The van der Waals surface area contributed by atoms with Gasteiger partial charge in [0.2, 0.25) is 0 Å². The summed E-state index contributed by atoms with van der Waals surface area (Å²) in [4.78, 5) is 21.8. The molecule has 6 heteroatoms. The molecule has 3 rings (SSSR count). The number of carbonyl (C=O) groups is 1. The Morgan fingerprint density at radius 1 is 1.45 bits per heavy atom. The molecule has 2 aromatic rings. The molecule has 1 fully saturated rings. The Morgan fingerprint density at radius 2 is 2.23 bits per heavy atom. The number of esters is 1. The van der Waals surface area contributed by atoms with Crippen molar-refractivity contribution in [2.24, 2.45) is 0 Å². The Hall–Kier alpha value is -2.08. The molecule has 0 aliphatic carbocycles. The van der Waals surface area contributed by atoms with Crippen molar-refractivity contribution in [3.05, 3.63) is 24.0 Å². The van der Waals surface area contributed by atoms with Crippen molar-refractivity contribution < 1.29 is 15.0 Å². The summed E-state index contributed by atoms with van der Waals surface area (Å²) in [5.74, 6) is 0.0820. The molecule has 1 N–H and O–H groups in total. The fourth-order valence-corrected chi connectivity index (χ4v) is 2.30. The van der Waals surface area contributed by atoms with Crippen LogP contribution in [0.3, 0.4) is 0 Å². The largest absolute Gasteiger partial charge is 0.466 e. The summed E-state index contributed by atoms with van der Waals surface area (Å²) in [5.41, 5.74) is 1.67. The Balaban J connectivity index is 1.94. The number of imidazole rings is 1. The number of ether oxygens (including phenoxy) is 1. The van der Waals surface area contributed by atoms with E-state index in [-0.39, 0.29) is 25.5 Å². The van der Waals surface area contributed by atoms with Crippen LogP contribution < -0.4 is 4.90 Å². The first-order chi connectivity index (χ1) is 12.1. The van der Waals surface area contributed by atoms with Gasteiger partial charge in [0.1, 0.15) is 12.2 Å². The van der Waals surface area contributed by atoms with E-state index in [1.54, 1.807) is 37.1 Å². The number of H-pyrrole nitrogens is 1. The molecule has 1 aliphatic rings. The van der Waals surface area contributed by atoms with Crippen molar-refractivity contribution in [3.8, 4) is 0 Å². The molecule has 0 bridgehead atoms. The number of nitrogens with one attached hydrogen (secondary N) is 1. The molecule has 0 radical (unpaired) electrons. The average Bonchev–Trinajstić information content (AvgIpc) is 2.85. The van der Waals surface area contributed by atoms with E-state index in [2.05, 4.69) is 9.97 Å². The molecule has 0 saturated carbocycles. The maximum atomic E-state index is 11.6. The molecule has 1 saturated heterocycles. The van der Waals surface area contributed by atoms with Gasteiger partial charge in [-0.25, -0.2) is 4.98 Å². The third-order valence-corrected chi connectivity index (χ3v) is 3.39. The van der Waals surface area contributed by atoms with Crippen LogP contribution in [0.2, 0.25) is 0 Å². The molecule has 0 atom stereocenters. The third-order valence-electron chi connectivity index (χ3n) is 3.39. The molecule has 2 heterocycles. The molecule has 118 valence electrons. The summed E-state index contributed by atoms with van der Waals surface area (Å²) in [6.07, 6.45) is 0.0218. The Morgan fingerprint density at radius 3 is 2.95 bits per heavy atom. The number of anilines is 1. The smallest absolute Gasteiger partial charge is 0.313 e. The maximum absolute atomic E-state index is 11.6. The van der Waals surface area contributed by atoms with Crippen LogP contribution in [0.25, 0.3) is 11.0 Å². The molecule has 1 aliphatic heterocycles. The fourth-order valence-electron chi connectivity index (χ4n) is 2.30. The fraction of sp³-hybridized carbons (Fsp3) is 0.500. The summed E-state index contributed by atoms with van der Waals surface area (Å²) < 4.78 is 38.0. The van der Waals surface area contributed by atoms with Gasteiger partial charge in [-0.1, -0.05) is 0 Å². The van der Waals surface area contributed by atoms with Gasteiger partial charge in [-0.3, -0.25) is 4.79 Å². The zero-order valence-electron chi connectivity index (χ0n) is 16.7. The summed E-state index contributed by atoms with van der Waals surface area (Å²) >= 11 is 0. The number of piperazine rings is 1. The highest BCUT2D eigenvalue weighted by Crippen LogP contribution is 2.22. The molecule has 1 aromatic carbocycles. The predicted molar refractivity (Wildman–Crippen MR) is 86.1 cm³/mol. The number of aromatic nitrogens is 2. The van der Waals surface area contributed by atoms with Gasteiger partial charge < -0.3 is 19.5 Å². The first-order valence-corrected chi connectivity index (χ1v) is 7.25. The van der Waals surface area contributed by atoms with Crippen LogP contribution in [0, 0.1) is 0 Å². The molecular formula is C16H22N4O2. The minimum atomic E-state index is -1.86. The molecule has 0 amide bonds. The average molecular weight is 306 g/mol. The normalized spacial score (nSPS) is 23.5. The van der Waals surface area contributed by atoms with Crippen molar-refractivity contribution >= 4 is 22.7 Å². The quantitative estimate of drug-likeness (QED) is 0.866. The first-order valence-electron chi connectivity index (χ1n) is 9.25. The van der Waals surface area contributed by atoms with Gasteiger partial charge in [-0.2, -0.15) is 0 Å². The number of aromatic amines is 1. The molecule has 0 unspecified atom stereocenters. The van der Waals surface area contributed by atoms with Crippen molar-refractivity contribution in [3.63, 3.8) is 0 Å². The SMILES string of the molecule is [2H]C1([2H])CN(C)CC([2H])([2H])N1c1ccc2nc(CC(=O)OCC)[nH]c2c1. The molecule has 1 aromatic heterocycles. The highest BCUT2D eigenvalue weighted by molar-refractivity contribution is 5.81. The monoisotopic (exact) mass is 306 g/mol. The number of fused-ring (bicyclic) bond motifs is 1. The van der Waals surface area contributed by atoms with E-state index in [9.17, 15) is 4.79 Å². The van der Waals surface area contributed by atoms with E-state index in [4.69, 9.17) is 10.2 Å². The minimum Gasteiger partial charge on any atom is -0.466 e. The molecular weight excluding hydrogens is 280 g/mol. The highest BCUT2D eigenvalue weighted by atomic mass is 16.5. The topological polar surface area (TPSA) is 61.5 Å². The summed E-state index contributed by atoms with van der Waals surface area (Å²) in [6, 6.07) is 5.01. The second-order valence-corrected chi connectivity index (χ2v) is 5.19. The predicted octanol–water partition coefficient (Wildman–Crippen LogP) is 1.42. The standard InChI is InChI=1S/C16H22N4O2/c1-3-22-16(21)11-15-17-13-5-4-12(10-14(13)18-15)20-8-6-19(2)7-9-20/h4-5,10H,3,6-9,11H2,1-2H3,(H,17,18)/i8D2,9D2. The van der Waals surface area contributed by atoms with Crippen molar-refractivity contribution in [1.29, 1.82) is 0 Å². The van der Waals surface area contributed by atoms with Gasteiger partial charge in [-0.15, -0.1) is 0 Å². The van der Waals surface area contributed by atoms with Crippen LogP contribution in [0.1, 0.15) is 18.2 Å². The lowest BCUT2D eigenvalue weighted by Crippen LogP contribution is -2.44. The second-order valence-electron chi connectivity index (χ2n) is 5.19. The van der Waals surface area contributed by atoms with Crippen molar-refractivity contribution in [1.82, 2.24) is 14.9 Å². The lowest BCUT2D eigenvalue weighted by Gasteiger charge is -2.34. The number of benzene rings is 1. The van der Waals surface area contributed by atoms with Gasteiger partial charge in [0.05, 0.1) is 23.1 Å². The molecule has 6 nitrogen and oxygen atoms in total. The van der Waals surface area contributed by atoms with Crippen LogP contribution in [-0.4, -0.2) is 60.6 Å². The zero-order valence-corrected chi connectivity index (χ0v) is 12.7. The Kier molecular flexibility index (Phi) is 3.07. The summed E-state index contributed by atoms with van der Waals surface area (Å²) in [7, 11) is 1.70. The molecule has 0 spiro atoms. The van der Waals surface area contributed by atoms with Crippen molar-refractivity contribution in [2.75, 3.05) is 44.6 Å². The van der Waals surface area contributed by atoms with Crippen LogP contribution >= 0.6 is 0 Å². The number of carbonyl (C=O) groups excluding carboxylic acids is 1. The van der Waals surface area contributed by atoms with Crippen LogP contribution in [-0.2, 0) is 16.0 Å². The van der Waals surface area contributed by atoms with E-state index in [0.717, 1.165) is 0 Å².